The Labute approximate surface area is 116 Å². The second-order valence-electron chi connectivity index (χ2n) is 4.48. The molecule has 0 saturated carbocycles. The predicted molar refractivity (Wildman–Crippen MR) is 69.5 cm³/mol. The summed E-state index contributed by atoms with van der Waals surface area (Å²) < 4.78 is 44.2. The second kappa shape index (κ2) is 6.19. The molecule has 0 aromatic heterocycles. The SMILES string of the molecule is COc1cc(S(=O)(=O)NC(C(=O)O)C(C)C)ccc1F. The molecule has 0 heterocycles. The summed E-state index contributed by atoms with van der Waals surface area (Å²) in [6, 6.07) is 1.71. The maximum absolute atomic E-state index is 13.2. The predicted octanol–water partition coefficient (Wildman–Crippen LogP) is 1.22. The van der Waals surface area contributed by atoms with Crippen LogP contribution in [0.15, 0.2) is 23.1 Å². The average Bonchev–Trinajstić information content (AvgIpc) is 2.35. The van der Waals surface area contributed by atoms with E-state index in [1.54, 1.807) is 13.8 Å². The first-order valence-electron chi connectivity index (χ1n) is 5.77. The van der Waals surface area contributed by atoms with Crippen molar-refractivity contribution in [2.75, 3.05) is 7.11 Å². The van der Waals surface area contributed by atoms with Crippen molar-refractivity contribution in [3.8, 4) is 5.75 Å². The van der Waals surface area contributed by atoms with E-state index >= 15 is 0 Å². The topological polar surface area (TPSA) is 92.7 Å². The molecule has 8 heteroatoms. The highest BCUT2D eigenvalue weighted by atomic mass is 32.2. The Balaban J connectivity index is 3.14. The van der Waals surface area contributed by atoms with E-state index < -0.39 is 33.8 Å². The van der Waals surface area contributed by atoms with Crippen LogP contribution in [0.3, 0.4) is 0 Å². The largest absolute Gasteiger partial charge is 0.494 e. The van der Waals surface area contributed by atoms with Crippen LogP contribution < -0.4 is 9.46 Å². The van der Waals surface area contributed by atoms with Gasteiger partial charge in [0.2, 0.25) is 10.0 Å². The average molecular weight is 305 g/mol. The summed E-state index contributed by atoms with van der Waals surface area (Å²) >= 11 is 0. The summed E-state index contributed by atoms with van der Waals surface area (Å²) in [6.45, 7) is 3.15. The molecule has 0 spiro atoms. The van der Waals surface area contributed by atoms with Gasteiger partial charge in [0.05, 0.1) is 12.0 Å². The lowest BCUT2D eigenvalue weighted by molar-refractivity contribution is -0.140. The Kier molecular flexibility index (Phi) is 5.07. The number of carboxylic acids is 1. The highest BCUT2D eigenvalue weighted by Gasteiger charge is 2.28. The normalized spacial score (nSPS) is 13.2. The highest BCUT2D eigenvalue weighted by molar-refractivity contribution is 7.89. The molecule has 0 aliphatic heterocycles. The van der Waals surface area contributed by atoms with E-state index in [2.05, 4.69) is 4.72 Å². The van der Waals surface area contributed by atoms with Gasteiger partial charge in [0.15, 0.2) is 11.6 Å². The zero-order chi connectivity index (χ0) is 15.5. The van der Waals surface area contributed by atoms with Crippen molar-refractivity contribution in [2.24, 2.45) is 5.92 Å². The van der Waals surface area contributed by atoms with E-state index in [0.29, 0.717) is 0 Å². The van der Waals surface area contributed by atoms with Crippen LogP contribution in [0.2, 0.25) is 0 Å². The molecular formula is C12H16FNO5S. The maximum atomic E-state index is 13.2. The Bertz CT molecular complexity index is 600. The van der Waals surface area contributed by atoms with E-state index in [0.717, 1.165) is 18.2 Å². The lowest BCUT2D eigenvalue weighted by Gasteiger charge is -2.18. The van der Waals surface area contributed by atoms with Crippen molar-refractivity contribution in [3.05, 3.63) is 24.0 Å². The number of sulfonamides is 1. The minimum atomic E-state index is -4.08. The first-order valence-corrected chi connectivity index (χ1v) is 7.26. The molecule has 1 unspecified atom stereocenters. The molecule has 20 heavy (non-hydrogen) atoms. The van der Waals surface area contributed by atoms with Crippen molar-refractivity contribution >= 4 is 16.0 Å². The molecule has 0 amide bonds. The smallest absolute Gasteiger partial charge is 0.322 e. The van der Waals surface area contributed by atoms with Crippen molar-refractivity contribution in [2.45, 2.75) is 24.8 Å². The number of carboxylic acid groups (broad SMARTS) is 1. The first-order chi connectivity index (χ1) is 9.19. The van der Waals surface area contributed by atoms with Gasteiger partial charge in [-0.05, 0) is 18.1 Å². The van der Waals surface area contributed by atoms with Gasteiger partial charge in [-0.25, -0.2) is 12.8 Å². The maximum Gasteiger partial charge on any atom is 0.322 e. The standard InChI is InChI=1S/C12H16FNO5S/c1-7(2)11(12(15)16)14-20(17,18)8-4-5-9(13)10(6-8)19-3/h4-7,11,14H,1-3H3,(H,15,16). The molecular weight excluding hydrogens is 289 g/mol. The van der Waals surface area contributed by atoms with Gasteiger partial charge >= 0.3 is 5.97 Å². The van der Waals surface area contributed by atoms with Crippen molar-refractivity contribution in [1.82, 2.24) is 4.72 Å². The lowest BCUT2D eigenvalue weighted by Crippen LogP contribution is -2.44. The number of nitrogens with one attached hydrogen (secondary N) is 1. The molecule has 1 atom stereocenters. The highest BCUT2D eigenvalue weighted by Crippen LogP contribution is 2.21. The quantitative estimate of drug-likeness (QED) is 0.824. The second-order valence-corrected chi connectivity index (χ2v) is 6.19. The third-order valence-electron chi connectivity index (χ3n) is 2.65. The number of carbonyl (C=O) groups is 1. The van der Waals surface area contributed by atoms with Crippen LogP contribution >= 0.6 is 0 Å². The number of rotatable bonds is 6. The molecule has 112 valence electrons. The van der Waals surface area contributed by atoms with Crippen LogP contribution in [0.4, 0.5) is 4.39 Å². The minimum absolute atomic E-state index is 0.232. The molecule has 0 radical (unpaired) electrons. The lowest BCUT2D eigenvalue weighted by atomic mass is 10.1. The van der Waals surface area contributed by atoms with Crippen LogP contribution in [-0.2, 0) is 14.8 Å². The van der Waals surface area contributed by atoms with E-state index in [-0.39, 0.29) is 10.6 Å². The number of ether oxygens (including phenoxy) is 1. The van der Waals surface area contributed by atoms with Gasteiger partial charge in [-0.2, -0.15) is 4.72 Å². The monoisotopic (exact) mass is 305 g/mol. The van der Waals surface area contributed by atoms with E-state index in [1.807, 2.05) is 0 Å². The van der Waals surface area contributed by atoms with Gasteiger partial charge in [-0.3, -0.25) is 4.79 Å². The van der Waals surface area contributed by atoms with E-state index in [9.17, 15) is 17.6 Å². The van der Waals surface area contributed by atoms with Crippen LogP contribution in [-0.4, -0.2) is 32.6 Å². The molecule has 0 aliphatic carbocycles. The van der Waals surface area contributed by atoms with Crippen LogP contribution in [0.25, 0.3) is 0 Å². The molecule has 0 saturated heterocycles. The fourth-order valence-corrected chi connectivity index (χ4v) is 2.87. The fourth-order valence-electron chi connectivity index (χ4n) is 1.51. The number of hydrogen-bond donors (Lipinski definition) is 2. The van der Waals surface area contributed by atoms with Gasteiger partial charge < -0.3 is 9.84 Å². The van der Waals surface area contributed by atoms with Gasteiger partial charge in [-0.15, -0.1) is 0 Å². The zero-order valence-corrected chi connectivity index (χ0v) is 12.1. The van der Waals surface area contributed by atoms with Crippen LogP contribution in [0, 0.1) is 11.7 Å². The molecule has 0 fully saturated rings. The summed E-state index contributed by atoms with van der Waals surface area (Å²) in [5.74, 6) is -2.66. The van der Waals surface area contributed by atoms with Gasteiger partial charge in [0, 0.05) is 6.07 Å². The van der Waals surface area contributed by atoms with Gasteiger partial charge in [-0.1, -0.05) is 13.8 Å². The number of hydrogen-bond acceptors (Lipinski definition) is 4. The fraction of sp³-hybridized carbons (Fsp3) is 0.417. The number of aliphatic carboxylic acids is 1. The summed E-state index contributed by atoms with van der Waals surface area (Å²) in [5.41, 5.74) is 0. The summed E-state index contributed by atoms with van der Waals surface area (Å²) in [7, 11) is -2.87. The Morgan fingerprint density at radius 1 is 1.40 bits per heavy atom. The van der Waals surface area contributed by atoms with Crippen LogP contribution in [0.5, 0.6) is 5.75 Å². The van der Waals surface area contributed by atoms with Crippen LogP contribution in [0.1, 0.15) is 13.8 Å². The molecule has 2 N–H and O–H groups in total. The van der Waals surface area contributed by atoms with Gasteiger partial charge in [0.25, 0.3) is 0 Å². The number of halogens is 1. The number of methoxy groups -OCH3 is 1. The first kappa shape index (κ1) is 16.4. The van der Waals surface area contributed by atoms with E-state index in [4.69, 9.17) is 9.84 Å². The molecule has 1 rings (SSSR count). The summed E-state index contributed by atoms with van der Waals surface area (Å²) in [5, 5.41) is 8.99. The van der Waals surface area contributed by atoms with Crippen molar-refractivity contribution < 1.29 is 27.4 Å². The molecule has 6 nitrogen and oxygen atoms in total. The molecule has 0 bridgehead atoms. The van der Waals surface area contributed by atoms with Crippen molar-refractivity contribution in [1.29, 1.82) is 0 Å². The molecule has 1 aromatic rings. The molecule has 1 aromatic carbocycles. The Hall–Kier alpha value is -1.67. The summed E-state index contributed by atoms with van der Waals surface area (Å²) in [4.78, 5) is 10.8. The Morgan fingerprint density at radius 3 is 2.45 bits per heavy atom. The summed E-state index contributed by atoms with van der Waals surface area (Å²) in [6.07, 6.45) is 0. The third kappa shape index (κ3) is 3.67. The van der Waals surface area contributed by atoms with Crippen molar-refractivity contribution in [3.63, 3.8) is 0 Å². The van der Waals surface area contributed by atoms with Gasteiger partial charge in [0.1, 0.15) is 6.04 Å². The zero-order valence-electron chi connectivity index (χ0n) is 11.3. The Morgan fingerprint density at radius 2 is 2.00 bits per heavy atom. The van der Waals surface area contributed by atoms with E-state index in [1.165, 1.54) is 7.11 Å². The minimum Gasteiger partial charge on any atom is -0.494 e. The number of benzene rings is 1. The third-order valence-corrected chi connectivity index (χ3v) is 4.09. The molecule has 0 aliphatic rings.